The fraction of sp³-hybridized carbons (Fsp3) is 0.300. The predicted molar refractivity (Wildman–Crippen MR) is 59.3 cm³/mol. The van der Waals surface area contributed by atoms with E-state index in [1.807, 2.05) is 24.3 Å². The molecule has 1 aromatic rings. The number of carbonyl (C=O) groups is 1. The average Bonchev–Trinajstić information content (AvgIpc) is 2.16. The fourth-order valence-corrected chi connectivity index (χ4v) is 1.67. The van der Waals surface area contributed by atoms with Gasteiger partial charge in [0.2, 0.25) is 0 Å². The minimum absolute atomic E-state index is 0.0650. The van der Waals surface area contributed by atoms with E-state index in [2.05, 4.69) is 15.9 Å². The van der Waals surface area contributed by atoms with Gasteiger partial charge in [0.05, 0.1) is 0 Å². The van der Waals surface area contributed by atoms with E-state index in [1.165, 1.54) is 0 Å². The van der Waals surface area contributed by atoms with E-state index in [4.69, 9.17) is 15.6 Å². The van der Waals surface area contributed by atoms with Crippen molar-refractivity contribution in [3.05, 3.63) is 34.3 Å². The van der Waals surface area contributed by atoms with Crippen LogP contribution in [0.2, 0.25) is 0 Å². The second-order valence-electron chi connectivity index (χ2n) is 2.99. The molecule has 1 aromatic carbocycles. The predicted octanol–water partition coefficient (Wildman–Crippen LogP) is 1.97. The van der Waals surface area contributed by atoms with Crippen LogP contribution in [0.15, 0.2) is 28.7 Å². The molecule has 1 rings (SSSR count). The third kappa shape index (κ3) is 3.89. The van der Waals surface area contributed by atoms with Crippen molar-refractivity contribution in [1.29, 1.82) is 0 Å². The highest BCUT2D eigenvalue weighted by Gasteiger charge is 2.14. The number of aliphatic hydroxyl groups excluding tert-OH is 1. The Balaban J connectivity index is 2.83. The lowest BCUT2D eigenvalue weighted by Crippen LogP contribution is -2.18. The summed E-state index contributed by atoms with van der Waals surface area (Å²) in [6.07, 6.45) is -1.00. The lowest BCUT2D eigenvalue weighted by molar-refractivity contribution is 0.0877. The Morgan fingerprint density at radius 1 is 1.60 bits per heavy atom. The number of hydrogen-bond acceptors (Lipinski definition) is 3. The quantitative estimate of drug-likeness (QED) is 0.881. The summed E-state index contributed by atoms with van der Waals surface area (Å²) in [6.45, 7) is -0.0650. The molecule has 15 heavy (non-hydrogen) atoms. The summed E-state index contributed by atoms with van der Waals surface area (Å²) < 4.78 is 5.78. The first-order valence-corrected chi connectivity index (χ1v) is 5.25. The maximum absolute atomic E-state index is 10.6. The summed E-state index contributed by atoms with van der Waals surface area (Å²) in [5.74, 6) is 0. The molecule has 5 heteroatoms. The number of ether oxygens (including phenoxy) is 1. The lowest BCUT2D eigenvalue weighted by Gasteiger charge is -2.15. The zero-order chi connectivity index (χ0) is 11.3. The fourth-order valence-electron chi connectivity index (χ4n) is 1.26. The topological polar surface area (TPSA) is 72.6 Å². The van der Waals surface area contributed by atoms with Gasteiger partial charge >= 0.3 is 6.09 Å². The molecular formula is C10H12BrNO3. The molecular weight excluding hydrogens is 262 g/mol. The van der Waals surface area contributed by atoms with Gasteiger partial charge in [-0.25, -0.2) is 4.79 Å². The lowest BCUT2D eigenvalue weighted by atomic mass is 10.1. The Bertz CT molecular complexity index is 343. The zero-order valence-corrected chi connectivity index (χ0v) is 9.61. The normalized spacial score (nSPS) is 12.1. The van der Waals surface area contributed by atoms with Crippen LogP contribution in [0.3, 0.4) is 0 Å². The summed E-state index contributed by atoms with van der Waals surface area (Å²) in [6, 6.07) is 7.33. The van der Waals surface area contributed by atoms with Gasteiger partial charge in [0.25, 0.3) is 0 Å². The van der Waals surface area contributed by atoms with Crippen LogP contribution < -0.4 is 5.73 Å². The van der Waals surface area contributed by atoms with Crippen molar-refractivity contribution in [2.24, 2.45) is 5.73 Å². The van der Waals surface area contributed by atoms with Crippen molar-refractivity contribution in [2.45, 2.75) is 12.5 Å². The SMILES string of the molecule is NC(=O)O[C@H](CCO)c1cccc(Br)c1. The van der Waals surface area contributed by atoms with E-state index >= 15 is 0 Å². The number of aliphatic hydroxyl groups is 1. The smallest absolute Gasteiger partial charge is 0.405 e. The van der Waals surface area contributed by atoms with Crippen molar-refractivity contribution >= 4 is 22.0 Å². The first kappa shape index (κ1) is 12.0. The van der Waals surface area contributed by atoms with Crippen LogP contribution in [0.4, 0.5) is 4.79 Å². The monoisotopic (exact) mass is 273 g/mol. The summed E-state index contributed by atoms with van der Waals surface area (Å²) in [4.78, 5) is 10.6. The number of carbonyl (C=O) groups excluding carboxylic acids is 1. The minimum atomic E-state index is -0.839. The zero-order valence-electron chi connectivity index (χ0n) is 8.02. The molecule has 1 atom stereocenters. The van der Waals surface area contributed by atoms with E-state index in [9.17, 15) is 4.79 Å². The Kier molecular flexibility index (Phi) is 4.58. The van der Waals surface area contributed by atoms with Crippen molar-refractivity contribution in [1.82, 2.24) is 0 Å². The number of hydrogen-bond donors (Lipinski definition) is 2. The molecule has 0 bridgehead atoms. The van der Waals surface area contributed by atoms with Crippen LogP contribution in [-0.2, 0) is 4.74 Å². The summed E-state index contributed by atoms with van der Waals surface area (Å²) in [5.41, 5.74) is 5.75. The van der Waals surface area contributed by atoms with Gasteiger partial charge in [-0.3, -0.25) is 0 Å². The first-order chi connectivity index (χ1) is 7.13. The van der Waals surface area contributed by atoms with Crippen LogP contribution in [0.5, 0.6) is 0 Å². The van der Waals surface area contributed by atoms with Crippen LogP contribution in [0.1, 0.15) is 18.1 Å². The molecule has 4 nitrogen and oxygen atoms in total. The maximum Gasteiger partial charge on any atom is 0.405 e. The van der Waals surface area contributed by atoms with Crippen molar-refractivity contribution in [2.75, 3.05) is 6.61 Å². The largest absolute Gasteiger partial charge is 0.441 e. The number of halogens is 1. The van der Waals surface area contributed by atoms with Gasteiger partial charge in [-0.15, -0.1) is 0 Å². The van der Waals surface area contributed by atoms with Gasteiger partial charge in [0, 0.05) is 17.5 Å². The highest BCUT2D eigenvalue weighted by atomic mass is 79.9. The van der Waals surface area contributed by atoms with Crippen LogP contribution in [0.25, 0.3) is 0 Å². The van der Waals surface area contributed by atoms with Gasteiger partial charge in [-0.2, -0.15) is 0 Å². The number of rotatable bonds is 4. The molecule has 0 radical (unpaired) electrons. The van der Waals surface area contributed by atoms with Crippen molar-refractivity contribution < 1.29 is 14.6 Å². The summed E-state index contributed by atoms with van der Waals surface area (Å²) in [7, 11) is 0. The van der Waals surface area contributed by atoms with Gasteiger partial charge in [-0.05, 0) is 17.7 Å². The molecule has 3 N–H and O–H groups in total. The van der Waals surface area contributed by atoms with E-state index in [0.29, 0.717) is 6.42 Å². The van der Waals surface area contributed by atoms with Crippen molar-refractivity contribution in [3.63, 3.8) is 0 Å². The molecule has 0 saturated heterocycles. The van der Waals surface area contributed by atoms with Crippen LogP contribution in [0, 0.1) is 0 Å². The third-order valence-corrected chi connectivity index (χ3v) is 2.36. The van der Waals surface area contributed by atoms with Crippen molar-refractivity contribution in [3.8, 4) is 0 Å². The molecule has 82 valence electrons. The molecule has 0 saturated carbocycles. The van der Waals surface area contributed by atoms with Gasteiger partial charge in [0.15, 0.2) is 0 Å². The van der Waals surface area contributed by atoms with Gasteiger partial charge in [0.1, 0.15) is 6.10 Å². The second-order valence-corrected chi connectivity index (χ2v) is 3.91. The van der Waals surface area contributed by atoms with Gasteiger partial charge in [-0.1, -0.05) is 28.1 Å². The average molecular weight is 274 g/mol. The summed E-state index contributed by atoms with van der Waals surface area (Å²) >= 11 is 3.31. The standard InChI is InChI=1S/C10H12BrNO3/c11-8-3-1-2-7(6-8)9(4-5-13)15-10(12)14/h1-3,6,9,13H,4-5H2,(H2,12,14)/t9-/m1/s1. The molecule has 0 aromatic heterocycles. The number of nitrogens with two attached hydrogens (primary N) is 1. The number of benzene rings is 1. The first-order valence-electron chi connectivity index (χ1n) is 4.46. The van der Waals surface area contributed by atoms with E-state index in [-0.39, 0.29) is 6.61 Å². The van der Waals surface area contributed by atoms with E-state index < -0.39 is 12.2 Å². The molecule has 0 aliphatic heterocycles. The molecule has 0 aliphatic rings. The second kappa shape index (κ2) is 5.72. The molecule has 0 unspecified atom stereocenters. The molecule has 0 spiro atoms. The minimum Gasteiger partial charge on any atom is -0.441 e. The molecule has 0 fully saturated rings. The number of primary amides is 1. The summed E-state index contributed by atoms with van der Waals surface area (Å²) in [5, 5.41) is 8.84. The molecule has 1 amide bonds. The Morgan fingerprint density at radius 3 is 2.87 bits per heavy atom. The molecule has 0 heterocycles. The number of amides is 1. The van der Waals surface area contributed by atoms with E-state index in [1.54, 1.807) is 0 Å². The Morgan fingerprint density at radius 2 is 2.33 bits per heavy atom. The molecule has 0 aliphatic carbocycles. The Hall–Kier alpha value is -1.07. The highest BCUT2D eigenvalue weighted by Crippen LogP contribution is 2.23. The van der Waals surface area contributed by atoms with Crippen LogP contribution in [-0.4, -0.2) is 17.8 Å². The maximum atomic E-state index is 10.6. The third-order valence-electron chi connectivity index (χ3n) is 1.87. The van der Waals surface area contributed by atoms with E-state index in [0.717, 1.165) is 10.0 Å². The van der Waals surface area contributed by atoms with Crippen LogP contribution >= 0.6 is 15.9 Å². The Labute approximate surface area is 96.2 Å². The van der Waals surface area contributed by atoms with Gasteiger partial charge < -0.3 is 15.6 Å². The highest BCUT2D eigenvalue weighted by molar-refractivity contribution is 9.10.